The SMILES string of the molecule is Cc1cc(C(N)c2nncn2C)co1. The van der Waals surface area contributed by atoms with Gasteiger partial charge in [0.1, 0.15) is 12.1 Å². The summed E-state index contributed by atoms with van der Waals surface area (Å²) in [7, 11) is 1.86. The number of nitrogens with zero attached hydrogens (tertiary/aromatic N) is 3. The molecule has 0 radical (unpaired) electrons. The van der Waals surface area contributed by atoms with Gasteiger partial charge in [-0.25, -0.2) is 0 Å². The fraction of sp³-hybridized carbons (Fsp3) is 0.333. The van der Waals surface area contributed by atoms with E-state index in [1.165, 1.54) is 0 Å². The van der Waals surface area contributed by atoms with Gasteiger partial charge in [-0.2, -0.15) is 0 Å². The Balaban J connectivity index is 2.33. The standard InChI is InChI=1S/C9H12N4O/c1-6-3-7(4-14-6)8(10)9-12-11-5-13(9)2/h3-5,8H,10H2,1-2H3. The molecule has 2 aromatic heterocycles. The summed E-state index contributed by atoms with van der Waals surface area (Å²) in [4.78, 5) is 0. The van der Waals surface area contributed by atoms with E-state index >= 15 is 0 Å². The Hall–Kier alpha value is -1.62. The maximum absolute atomic E-state index is 5.99. The van der Waals surface area contributed by atoms with E-state index in [9.17, 15) is 0 Å². The highest BCUT2D eigenvalue weighted by molar-refractivity contribution is 5.22. The van der Waals surface area contributed by atoms with Gasteiger partial charge < -0.3 is 14.7 Å². The number of hydrogen-bond acceptors (Lipinski definition) is 4. The molecule has 0 aliphatic heterocycles. The number of aromatic nitrogens is 3. The van der Waals surface area contributed by atoms with Crippen molar-refractivity contribution < 1.29 is 4.42 Å². The van der Waals surface area contributed by atoms with Crippen LogP contribution in [-0.4, -0.2) is 14.8 Å². The Bertz CT molecular complexity index is 431. The van der Waals surface area contributed by atoms with E-state index in [0.29, 0.717) is 0 Å². The summed E-state index contributed by atoms with van der Waals surface area (Å²) in [6.07, 6.45) is 3.27. The maximum atomic E-state index is 5.99. The lowest BCUT2D eigenvalue weighted by Gasteiger charge is -2.07. The van der Waals surface area contributed by atoms with Gasteiger partial charge in [-0.15, -0.1) is 10.2 Å². The van der Waals surface area contributed by atoms with Crippen LogP contribution in [0.4, 0.5) is 0 Å². The molecule has 0 spiro atoms. The molecule has 2 N–H and O–H groups in total. The molecule has 0 aliphatic rings. The van der Waals surface area contributed by atoms with E-state index in [-0.39, 0.29) is 6.04 Å². The summed E-state index contributed by atoms with van der Waals surface area (Å²) in [5.74, 6) is 1.57. The van der Waals surface area contributed by atoms with Crippen molar-refractivity contribution in [3.8, 4) is 0 Å². The molecule has 5 heteroatoms. The monoisotopic (exact) mass is 192 g/mol. The molecule has 0 aromatic carbocycles. The largest absolute Gasteiger partial charge is 0.469 e. The first-order valence-corrected chi connectivity index (χ1v) is 4.33. The van der Waals surface area contributed by atoms with Gasteiger partial charge in [0.25, 0.3) is 0 Å². The average molecular weight is 192 g/mol. The molecule has 2 aromatic rings. The molecule has 5 nitrogen and oxygen atoms in total. The second-order valence-corrected chi connectivity index (χ2v) is 3.27. The molecule has 74 valence electrons. The lowest BCUT2D eigenvalue weighted by molar-refractivity contribution is 0.529. The Kier molecular flexibility index (Phi) is 2.09. The Morgan fingerprint density at radius 1 is 1.57 bits per heavy atom. The molecule has 14 heavy (non-hydrogen) atoms. The summed E-state index contributed by atoms with van der Waals surface area (Å²) in [6.45, 7) is 1.88. The Morgan fingerprint density at radius 2 is 2.36 bits per heavy atom. The van der Waals surface area contributed by atoms with E-state index in [1.807, 2.05) is 20.0 Å². The summed E-state index contributed by atoms with van der Waals surface area (Å²) in [5, 5.41) is 7.73. The quantitative estimate of drug-likeness (QED) is 0.762. The summed E-state index contributed by atoms with van der Waals surface area (Å²) >= 11 is 0. The number of aryl methyl sites for hydroxylation is 2. The van der Waals surface area contributed by atoms with Crippen LogP contribution in [0.25, 0.3) is 0 Å². The summed E-state index contributed by atoms with van der Waals surface area (Å²) in [5.41, 5.74) is 6.91. The zero-order valence-electron chi connectivity index (χ0n) is 8.14. The molecule has 1 unspecified atom stereocenters. The van der Waals surface area contributed by atoms with Gasteiger partial charge in [0.05, 0.1) is 12.3 Å². The van der Waals surface area contributed by atoms with E-state index in [2.05, 4.69) is 10.2 Å². The maximum Gasteiger partial charge on any atom is 0.154 e. The second-order valence-electron chi connectivity index (χ2n) is 3.27. The predicted molar refractivity (Wildman–Crippen MR) is 50.5 cm³/mol. The van der Waals surface area contributed by atoms with Crippen LogP contribution in [0.5, 0.6) is 0 Å². The highest BCUT2D eigenvalue weighted by atomic mass is 16.3. The third-order valence-electron chi connectivity index (χ3n) is 2.13. The van der Waals surface area contributed by atoms with Crippen LogP contribution in [0, 0.1) is 6.92 Å². The highest BCUT2D eigenvalue weighted by Gasteiger charge is 2.15. The fourth-order valence-electron chi connectivity index (χ4n) is 1.35. The zero-order chi connectivity index (χ0) is 10.1. The minimum atomic E-state index is -0.278. The van der Waals surface area contributed by atoms with Gasteiger partial charge in [0.2, 0.25) is 0 Å². The van der Waals surface area contributed by atoms with Gasteiger partial charge >= 0.3 is 0 Å². The topological polar surface area (TPSA) is 69.9 Å². The van der Waals surface area contributed by atoms with Crippen molar-refractivity contribution in [1.82, 2.24) is 14.8 Å². The number of hydrogen-bond donors (Lipinski definition) is 1. The summed E-state index contributed by atoms with van der Waals surface area (Å²) < 4.78 is 6.98. The molecule has 0 amide bonds. The Labute approximate surface area is 81.5 Å². The molecule has 0 aliphatic carbocycles. The highest BCUT2D eigenvalue weighted by Crippen LogP contribution is 2.18. The number of rotatable bonds is 2. The number of nitrogens with two attached hydrogens (primary N) is 1. The lowest BCUT2D eigenvalue weighted by Crippen LogP contribution is -2.15. The van der Waals surface area contributed by atoms with Crippen LogP contribution < -0.4 is 5.73 Å². The number of furan rings is 1. The first kappa shape index (κ1) is 8.96. The van der Waals surface area contributed by atoms with Crippen molar-refractivity contribution in [3.05, 3.63) is 35.8 Å². The minimum absolute atomic E-state index is 0.278. The van der Waals surface area contributed by atoms with Crippen molar-refractivity contribution in [2.45, 2.75) is 13.0 Å². The molecular formula is C9H12N4O. The van der Waals surface area contributed by atoms with E-state index < -0.39 is 0 Å². The molecule has 0 bridgehead atoms. The lowest BCUT2D eigenvalue weighted by atomic mass is 10.1. The van der Waals surface area contributed by atoms with Gasteiger partial charge in [-0.05, 0) is 13.0 Å². The van der Waals surface area contributed by atoms with Gasteiger partial charge in [-0.1, -0.05) is 0 Å². The molecule has 2 rings (SSSR count). The predicted octanol–water partition coefficient (Wildman–Crippen LogP) is 0.765. The van der Waals surface area contributed by atoms with E-state index in [1.54, 1.807) is 17.2 Å². The third-order valence-corrected chi connectivity index (χ3v) is 2.13. The van der Waals surface area contributed by atoms with E-state index in [0.717, 1.165) is 17.1 Å². The van der Waals surface area contributed by atoms with Crippen LogP contribution in [0.3, 0.4) is 0 Å². The molecule has 0 fully saturated rings. The van der Waals surface area contributed by atoms with Crippen molar-refractivity contribution in [3.63, 3.8) is 0 Å². The van der Waals surface area contributed by atoms with Gasteiger partial charge in [0, 0.05) is 12.6 Å². The van der Waals surface area contributed by atoms with Crippen molar-refractivity contribution >= 4 is 0 Å². The van der Waals surface area contributed by atoms with Crippen molar-refractivity contribution in [1.29, 1.82) is 0 Å². The van der Waals surface area contributed by atoms with Crippen molar-refractivity contribution in [2.24, 2.45) is 12.8 Å². The van der Waals surface area contributed by atoms with Crippen molar-refractivity contribution in [2.75, 3.05) is 0 Å². The van der Waals surface area contributed by atoms with Crippen LogP contribution in [0.1, 0.15) is 23.2 Å². The van der Waals surface area contributed by atoms with E-state index in [4.69, 9.17) is 10.2 Å². The molecular weight excluding hydrogens is 180 g/mol. The first-order chi connectivity index (χ1) is 6.68. The van der Waals surface area contributed by atoms with Gasteiger partial charge in [-0.3, -0.25) is 0 Å². The molecule has 2 heterocycles. The average Bonchev–Trinajstić information content (AvgIpc) is 2.73. The third kappa shape index (κ3) is 1.42. The Morgan fingerprint density at radius 3 is 2.86 bits per heavy atom. The molecule has 0 saturated heterocycles. The van der Waals surface area contributed by atoms with Gasteiger partial charge in [0.15, 0.2) is 5.82 Å². The molecule has 0 saturated carbocycles. The smallest absolute Gasteiger partial charge is 0.154 e. The van der Waals surface area contributed by atoms with Crippen LogP contribution in [-0.2, 0) is 7.05 Å². The van der Waals surface area contributed by atoms with Crippen LogP contribution in [0.2, 0.25) is 0 Å². The second kappa shape index (κ2) is 3.26. The first-order valence-electron chi connectivity index (χ1n) is 4.33. The normalized spacial score (nSPS) is 13.1. The molecule has 1 atom stereocenters. The van der Waals surface area contributed by atoms with Crippen LogP contribution >= 0.6 is 0 Å². The summed E-state index contributed by atoms with van der Waals surface area (Å²) in [6, 6.07) is 1.62. The zero-order valence-corrected chi connectivity index (χ0v) is 8.14. The minimum Gasteiger partial charge on any atom is -0.469 e. The van der Waals surface area contributed by atoms with Crippen LogP contribution in [0.15, 0.2) is 23.1 Å². The fourth-order valence-corrected chi connectivity index (χ4v) is 1.35.